The fourth-order valence-electron chi connectivity index (χ4n) is 5.58. The summed E-state index contributed by atoms with van der Waals surface area (Å²) in [7, 11) is 0. The maximum atomic E-state index is 12.1. The average molecular weight is 1340 g/mol. The molecule has 35 nitrogen and oxygen atoms in total. The smallest absolute Gasteiger partial charge is 0.408 e. The molecule has 4 aromatic rings. The molecule has 0 aromatic carbocycles. The lowest BCUT2D eigenvalue weighted by Crippen LogP contribution is -2.26. The first-order chi connectivity index (χ1) is 43.1. The summed E-state index contributed by atoms with van der Waals surface area (Å²) in [5.74, 6) is -9.12. The Balaban J connectivity index is -0.00000118. The van der Waals surface area contributed by atoms with Crippen molar-refractivity contribution in [2.75, 3.05) is 36.8 Å². The molecular formula is C52H68F6N16O19. The summed E-state index contributed by atoms with van der Waals surface area (Å²) in [5, 5.41) is 73.3. The van der Waals surface area contributed by atoms with E-state index in [1.807, 2.05) is 0 Å². The molecule has 0 aliphatic rings. The van der Waals surface area contributed by atoms with Crippen LogP contribution in [0.3, 0.4) is 0 Å². The van der Waals surface area contributed by atoms with E-state index in [0.29, 0.717) is 112 Å². The van der Waals surface area contributed by atoms with Crippen molar-refractivity contribution in [2.24, 2.45) is 21.5 Å². The number of unbranched alkanes of at least 4 members (excludes halogenated alkanes) is 4. The Morgan fingerprint density at radius 3 is 1.00 bits per heavy atom. The Kier molecular flexibility index (Phi) is 46.2. The molecule has 4 rings (SSSR count). The van der Waals surface area contributed by atoms with E-state index in [0.717, 1.165) is 49.9 Å². The Bertz CT molecular complexity index is 2770. The lowest BCUT2D eigenvalue weighted by molar-refractivity contribution is -0.134. The number of carboxylic acids is 8. The van der Waals surface area contributed by atoms with Crippen LogP contribution in [0.15, 0.2) is 108 Å². The largest absolute Gasteiger partial charge is 0.478 e. The number of hydrogen-bond acceptors (Lipinski definition) is 18. The number of rotatable bonds is 30. The SMILES string of the molecule is NC(=NCC(F)(F)F)Nc1ccnc(CCCCCNC(=O)CCc2cnc[nH]2)n1.NC(=NCC(F)(F)F)Nc1ccnc(CCCCCNC(=O)CCc2cnc[nH]2)n1.O.O=C(O)/C=C\C(=O)O.O=C(O)/C=C\C(=O)O.O=C(O)/C=C\C(=O)O.O=C(O)/C=C\C(=O)O. The number of anilines is 2. The predicted molar refractivity (Wildman–Crippen MR) is 313 cm³/mol. The monoisotopic (exact) mass is 1330 g/mol. The molecule has 20 N–H and O–H groups in total. The van der Waals surface area contributed by atoms with Gasteiger partial charge in [0.25, 0.3) is 0 Å². The lowest BCUT2D eigenvalue weighted by atomic mass is 10.2. The van der Waals surface area contributed by atoms with Gasteiger partial charge in [-0.3, -0.25) is 9.59 Å². The highest BCUT2D eigenvalue weighted by atomic mass is 19.4. The number of aromatic nitrogens is 8. The van der Waals surface area contributed by atoms with E-state index < -0.39 is 73.2 Å². The van der Waals surface area contributed by atoms with Gasteiger partial charge < -0.3 is 89.0 Å². The minimum Gasteiger partial charge on any atom is -0.478 e. The van der Waals surface area contributed by atoms with Gasteiger partial charge in [-0.15, -0.1) is 0 Å². The van der Waals surface area contributed by atoms with Gasteiger partial charge in [0.05, 0.1) is 12.7 Å². The Labute approximate surface area is 522 Å². The number of aromatic amines is 2. The van der Waals surface area contributed by atoms with Gasteiger partial charge in [0.15, 0.2) is 11.9 Å². The van der Waals surface area contributed by atoms with E-state index in [1.54, 1.807) is 25.0 Å². The summed E-state index contributed by atoms with van der Waals surface area (Å²) in [6.45, 7) is -1.53. The molecule has 0 aliphatic heterocycles. The van der Waals surface area contributed by atoms with Gasteiger partial charge in [-0.05, 0) is 50.7 Å². The summed E-state index contributed by atoms with van der Waals surface area (Å²) >= 11 is 0. The van der Waals surface area contributed by atoms with Gasteiger partial charge in [0.2, 0.25) is 11.8 Å². The first-order valence-corrected chi connectivity index (χ1v) is 26.1. The number of carbonyl (C=O) groups is 10. The number of hydrogen-bond donors (Lipinski definition) is 16. The third-order valence-corrected chi connectivity index (χ3v) is 9.41. The number of carbonyl (C=O) groups excluding carboxylic acids is 2. The van der Waals surface area contributed by atoms with Crippen LogP contribution in [0.4, 0.5) is 38.0 Å². The number of guanidine groups is 2. The summed E-state index contributed by atoms with van der Waals surface area (Å²) in [5.41, 5.74) is 12.7. The van der Waals surface area contributed by atoms with Crippen molar-refractivity contribution in [3.8, 4) is 0 Å². The Morgan fingerprint density at radius 1 is 0.462 bits per heavy atom. The van der Waals surface area contributed by atoms with Crippen LogP contribution in [0.5, 0.6) is 0 Å². The number of nitrogens with two attached hydrogens (primary N) is 2. The minimum atomic E-state index is -4.41. The van der Waals surface area contributed by atoms with Crippen molar-refractivity contribution in [1.29, 1.82) is 0 Å². The van der Waals surface area contributed by atoms with Crippen LogP contribution >= 0.6 is 0 Å². The van der Waals surface area contributed by atoms with E-state index in [2.05, 4.69) is 71.1 Å². The van der Waals surface area contributed by atoms with Crippen LogP contribution in [-0.2, 0) is 73.6 Å². The molecule has 0 spiro atoms. The number of nitrogens with one attached hydrogen (secondary N) is 6. The molecule has 0 aliphatic carbocycles. The summed E-state index contributed by atoms with van der Waals surface area (Å²) in [6, 6.07) is 3.00. The molecule has 0 unspecified atom stereocenters. The topological polar surface area (TPSA) is 598 Å². The highest BCUT2D eigenvalue weighted by Gasteiger charge is 2.27. The van der Waals surface area contributed by atoms with Crippen LogP contribution in [0, 0.1) is 0 Å². The molecule has 512 valence electrons. The van der Waals surface area contributed by atoms with Gasteiger partial charge in [-0.1, -0.05) is 12.8 Å². The second-order valence-electron chi connectivity index (χ2n) is 17.1. The second kappa shape index (κ2) is 50.2. The number of aryl methyl sites for hydroxylation is 4. The first-order valence-electron chi connectivity index (χ1n) is 26.1. The highest BCUT2D eigenvalue weighted by Crippen LogP contribution is 2.16. The number of imidazole rings is 2. The van der Waals surface area contributed by atoms with Gasteiger partial charge in [0.1, 0.15) is 36.4 Å². The third kappa shape index (κ3) is 60.4. The molecule has 0 atom stereocenters. The number of halogens is 6. The van der Waals surface area contributed by atoms with Crippen molar-refractivity contribution < 1.29 is 121 Å². The van der Waals surface area contributed by atoms with Crippen LogP contribution in [0.1, 0.15) is 74.4 Å². The van der Waals surface area contributed by atoms with E-state index in [1.165, 1.54) is 24.5 Å². The molecule has 4 aromatic heterocycles. The maximum Gasteiger partial charge on any atom is 0.408 e. The number of amides is 2. The second-order valence-corrected chi connectivity index (χ2v) is 17.1. The van der Waals surface area contributed by atoms with Crippen molar-refractivity contribution in [3.63, 3.8) is 0 Å². The normalized spacial score (nSPS) is 11.0. The zero-order valence-corrected chi connectivity index (χ0v) is 48.7. The molecule has 41 heteroatoms. The highest BCUT2D eigenvalue weighted by molar-refractivity contribution is 5.93. The van der Waals surface area contributed by atoms with Gasteiger partial charge in [-0.2, -0.15) is 26.3 Å². The summed E-state index contributed by atoms with van der Waals surface area (Å²) < 4.78 is 72.9. The predicted octanol–water partition coefficient (Wildman–Crippen LogP) is 1.92. The molecule has 0 fully saturated rings. The van der Waals surface area contributed by atoms with Gasteiger partial charge in [-0.25, -0.2) is 78.2 Å². The standard InChI is InChI=1S/2C18H25F3N8O.4C4H4O4.H2O/c2*19-18(20,21)11-26-17(22)29-15-7-9-24-14(28-15)4-2-1-3-8-25-16(30)6-5-13-10-23-12-27-13;4*5-3(6)1-2-4(7)8;/h2*7,9-10,12H,1-6,8,11H2,(H,23,27)(H,25,30)(H3,22,24,26,28,29);4*1-2H,(H,5,6)(H,7,8);1H2/b;;4*2-1-;. The molecule has 0 bridgehead atoms. The lowest BCUT2D eigenvalue weighted by Gasteiger charge is -2.08. The molecule has 0 saturated heterocycles. The molecule has 0 radical (unpaired) electrons. The van der Waals surface area contributed by atoms with Crippen LogP contribution < -0.4 is 32.7 Å². The third-order valence-electron chi connectivity index (χ3n) is 9.41. The van der Waals surface area contributed by atoms with E-state index in [4.69, 9.17) is 52.3 Å². The van der Waals surface area contributed by atoms with Gasteiger partial charge in [0, 0.05) is 124 Å². The molecule has 0 saturated carbocycles. The van der Waals surface area contributed by atoms with Crippen LogP contribution in [0.25, 0.3) is 0 Å². The van der Waals surface area contributed by atoms with Crippen molar-refractivity contribution >= 4 is 83.1 Å². The van der Waals surface area contributed by atoms with E-state index >= 15 is 0 Å². The Hall–Kier alpha value is -11.7. The zero-order valence-electron chi connectivity index (χ0n) is 48.7. The molecule has 93 heavy (non-hydrogen) atoms. The summed E-state index contributed by atoms with van der Waals surface area (Å²) in [4.78, 5) is 137. The van der Waals surface area contributed by atoms with Crippen molar-refractivity contribution in [3.05, 3.63) is 121 Å². The van der Waals surface area contributed by atoms with Gasteiger partial charge >= 0.3 is 60.1 Å². The minimum absolute atomic E-state index is 0. The quantitative estimate of drug-likeness (QED) is 0.0117. The number of nitrogens with zero attached hydrogens (tertiary/aromatic N) is 8. The molecule has 4 heterocycles. The summed E-state index contributed by atoms with van der Waals surface area (Å²) in [6.07, 6.45) is 13.5. The first kappa shape index (κ1) is 85.5. The number of aliphatic imine (C=N–C) groups is 2. The molecular weight excluding hydrogens is 1270 g/mol. The number of aliphatic carboxylic acids is 8. The Morgan fingerprint density at radius 2 is 0.753 bits per heavy atom. The number of alkyl halides is 6. The van der Waals surface area contributed by atoms with Crippen molar-refractivity contribution in [1.82, 2.24) is 50.5 Å². The maximum absolute atomic E-state index is 12.1. The van der Waals surface area contributed by atoms with Crippen LogP contribution in [-0.4, -0.2) is 196 Å². The zero-order chi connectivity index (χ0) is 69.9. The van der Waals surface area contributed by atoms with E-state index in [9.17, 15) is 74.3 Å². The average Bonchev–Trinajstić information content (AvgIpc) is 3.54. The van der Waals surface area contributed by atoms with E-state index in [-0.39, 0.29) is 40.8 Å². The fraction of sp³-hybridized carbons (Fsp3) is 0.346. The van der Waals surface area contributed by atoms with Crippen LogP contribution in [0.2, 0.25) is 0 Å². The number of carboxylic acid groups (broad SMARTS) is 8. The molecule has 2 amide bonds. The fourth-order valence-corrected chi connectivity index (χ4v) is 5.58. The number of H-pyrrole nitrogens is 2. The van der Waals surface area contributed by atoms with Crippen molar-refractivity contribution in [2.45, 2.75) is 89.4 Å².